The Bertz CT molecular complexity index is 245. The van der Waals surface area contributed by atoms with Crippen molar-refractivity contribution in [2.24, 2.45) is 5.92 Å². The predicted octanol–water partition coefficient (Wildman–Crippen LogP) is 1.51. The van der Waals surface area contributed by atoms with Crippen LogP contribution in [0.3, 0.4) is 0 Å². The van der Waals surface area contributed by atoms with Crippen LogP contribution in [0.5, 0.6) is 0 Å². The van der Waals surface area contributed by atoms with Crippen molar-refractivity contribution in [3.05, 3.63) is 0 Å². The molecule has 4 nitrogen and oxygen atoms in total. The monoisotopic (exact) mass is 214 g/mol. The summed E-state index contributed by atoms with van der Waals surface area (Å²) in [6, 6.07) is 0. The van der Waals surface area contributed by atoms with Gasteiger partial charge in [-0.25, -0.2) is 0 Å². The van der Waals surface area contributed by atoms with E-state index in [0.717, 1.165) is 0 Å². The first-order valence-electron chi connectivity index (χ1n) is 5.15. The second kappa shape index (κ2) is 7.15. The minimum Gasteiger partial charge on any atom is -0.465 e. The fourth-order valence-corrected chi connectivity index (χ4v) is 1.29. The Labute approximate surface area is 90.0 Å². The van der Waals surface area contributed by atoms with Gasteiger partial charge < -0.3 is 9.53 Å². The Balaban J connectivity index is 4.10. The molecule has 0 rings (SSSR count). The van der Waals surface area contributed by atoms with Gasteiger partial charge in [0.05, 0.1) is 6.61 Å². The lowest BCUT2D eigenvalue weighted by Gasteiger charge is -2.11. The molecule has 4 heteroatoms. The van der Waals surface area contributed by atoms with E-state index in [9.17, 15) is 14.4 Å². The molecule has 0 spiro atoms. The van der Waals surface area contributed by atoms with Crippen LogP contribution in [0, 0.1) is 5.92 Å². The standard InChI is InChI=1S/C11H18O4/c1-4-15-11(14)10(9(3)13)7-5-6-8(2)12/h10H,4-7H2,1-3H3. The van der Waals surface area contributed by atoms with Crippen molar-refractivity contribution in [2.45, 2.75) is 40.0 Å². The van der Waals surface area contributed by atoms with Crippen LogP contribution in [0.15, 0.2) is 0 Å². The van der Waals surface area contributed by atoms with Gasteiger partial charge in [0, 0.05) is 6.42 Å². The zero-order valence-corrected chi connectivity index (χ0v) is 9.54. The van der Waals surface area contributed by atoms with Gasteiger partial charge in [0.2, 0.25) is 0 Å². The topological polar surface area (TPSA) is 60.4 Å². The summed E-state index contributed by atoms with van der Waals surface area (Å²) in [5.74, 6) is -1.31. The largest absolute Gasteiger partial charge is 0.465 e. The maximum absolute atomic E-state index is 11.3. The van der Waals surface area contributed by atoms with Crippen molar-refractivity contribution in [1.29, 1.82) is 0 Å². The van der Waals surface area contributed by atoms with Gasteiger partial charge in [-0.1, -0.05) is 0 Å². The summed E-state index contributed by atoms with van der Waals surface area (Å²) in [5.41, 5.74) is 0. The van der Waals surface area contributed by atoms with Gasteiger partial charge in [0.15, 0.2) is 0 Å². The Morgan fingerprint density at radius 1 is 1.20 bits per heavy atom. The summed E-state index contributed by atoms with van der Waals surface area (Å²) in [6.45, 7) is 4.84. The Morgan fingerprint density at radius 2 is 1.80 bits per heavy atom. The van der Waals surface area contributed by atoms with Crippen molar-refractivity contribution in [3.8, 4) is 0 Å². The van der Waals surface area contributed by atoms with Gasteiger partial charge in [0.25, 0.3) is 0 Å². The first kappa shape index (κ1) is 13.8. The number of rotatable bonds is 7. The highest BCUT2D eigenvalue weighted by atomic mass is 16.5. The fraction of sp³-hybridized carbons (Fsp3) is 0.727. The number of hydrogen-bond donors (Lipinski definition) is 0. The van der Waals surface area contributed by atoms with Crippen LogP contribution in [-0.4, -0.2) is 24.1 Å². The van der Waals surface area contributed by atoms with Gasteiger partial charge in [-0.15, -0.1) is 0 Å². The highest BCUT2D eigenvalue weighted by Gasteiger charge is 2.23. The number of ketones is 2. The molecule has 0 fully saturated rings. The molecule has 0 radical (unpaired) electrons. The molecule has 0 aliphatic rings. The van der Waals surface area contributed by atoms with Crippen LogP contribution in [0.1, 0.15) is 40.0 Å². The molecule has 0 saturated heterocycles. The first-order chi connectivity index (χ1) is 6.99. The number of carbonyl (C=O) groups is 3. The molecular weight excluding hydrogens is 196 g/mol. The predicted molar refractivity (Wildman–Crippen MR) is 55.3 cm³/mol. The molecule has 0 saturated carbocycles. The lowest BCUT2D eigenvalue weighted by Crippen LogP contribution is -2.24. The van der Waals surface area contributed by atoms with Crippen molar-refractivity contribution in [3.63, 3.8) is 0 Å². The molecule has 0 bridgehead atoms. The molecule has 0 aliphatic heterocycles. The molecule has 0 aromatic heterocycles. The van der Waals surface area contributed by atoms with Crippen LogP contribution in [0.25, 0.3) is 0 Å². The Morgan fingerprint density at radius 3 is 2.20 bits per heavy atom. The molecule has 0 aliphatic carbocycles. The zero-order chi connectivity index (χ0) is 11.8. The molecule has 0 aromatic rings. The molecule has 1 atom stereocenters. The van der Waals surface area contributed by atoms with E-state index in [2.05, 4.69) is 0 Å². The van der Waals surface area contributed by atoms with Crippen molar-refractivity contribution in [2.75, 3.05) is 6.61 Å². The Kier molecular flexibility index (Phi) is 6.58. The van der Waals surface area contributed by atoms with E-state index in [1.807, 2.05) is 0 Å². The quantitative estimate of drug-likeness (QED) is 0.476. The van der Waals surface area contributed by atoms with E-state index in [4.69, 9.17) is 4.74 Å². The smallest absolute Gasteiger partial charge is 0.316 e. The lowest BCUT2D eigenvalue weighted by molar-refractivity contribution is -0.151. The van der Waals surface area contributed by atoms with Crippen molar-refractivity contribution < 1.29 is 19.1 Å². The third-order valence-corrected chi connectivity index (χ3v) is 2.08. The number of esters is 1. The Hall–Kier alpha value is -1.19. The number of carbonyl (C=O) groups excluding carboxylic acids is 3. The minimum atomic E-state index is -0.704. The van der Waals surface area contributed by atoms with Crippen LogP contribution < -0.4 is 0 Å². The highest BCUT2D eigenvalue weighted by Crippen LogP contribution is 2.12. The molecule has 0 aromatic carbocycles. The summed E-state index contributed by atoms with van der Waals surface area (Å²) < 4.78 is 4.78. The van der Waals surface area contributed by atoms with E-state index in [1.165, 1.54) is 13.8 Å². The second-order valence-corrected chi connectivity index (χ2v) is 3.51. The van der Waals surface area contributed by atoms with Gasteiger partial charge in [0.1, 0.15) is 17.5 Å². The third-order valence-electron chi connectivity index (χ3n) is 2.08. The molecule has 86 valence electrons. The maximum Gasteiger partial charge on any atom is 0.316 e. The number of hydrogen-bond acceptors (Lipinski definition) is 4. The van der Waals surface area contributed by atoms with Crippen LogP contribution in [0.4, 0.5) is 0 Å². The van der Waals surface area contributed by atoms with Crippen LogP contribution in [-0.2, 0) is 19.1 Å². The second-order valence-electron chi connectivity index (χ2n) is 3.51. The normalized spacial score (nSPS) is 11.9. The zero-order valence-electron chi connectivity index (χ0n) is 9.54. The van der Waals surface area contributed by atoms with Crippen LogP contribution in [0.2, 0.25) is 0 Å². The van der Waals surface area contributed by atoms with Gasteiger partial charge in [-0.3, -0.25) is 9.59 Å². The van der Waals surface area contributed by atoms with Crippen molar-refractivity contribution in [1.82, 2.24) is 0 Å². The average molecular weight is 214 g/mol. The molecule has 0 amide bonds. The summed E-state index contributed by atoms with van der Waals surface area (Å²) in [4.78, 5) is 33.2. The van der Waals surface area contributed by atoms with E-state index in [-0.39, 0.29) is 18.2 Å². The fourth-order valence-electron chi connectivity index (χ4n) is 1.29. The van der Waals surface area contributed by atoms with Gasteiger partial charge >= 0.3 is 5.97 Å². The summed E-state index contributed by atoms with van der Waals surface area (Å²) in [7, 11) is 0. The van der Waals surface area contributed by atoms with Gasteiger partial charge in [-0.2, -0.15) is 0 Å². The summed E-state index contributed by atoms with van der Waals surface area (Å²) in [6.07, 6.45) is 1.36. The molecular formula is C11H18O4. The number of ether oxygens (including phenoxy) is 1. The minimum absolute atomic E-state index is 0.0705. The summed E-state index contributed by atoms with van der Waals surface area (Å²) in [5, 5.41) is 0. The SMILES string of the molecule is CCOC(=O)C(CCCC(C)=O)C(C)=O. The van der Waals surface area contributed by atoms with E-state index >= 15 is 0 Å². The van der Waals surface area contributed by atoms with Crippen LogP contribution >= 0.6 is 0 Å². The third kappa shape index (κ3) is 5.99. The first-order valence-corrected chi connectivity index (χ1v) is 5.15. The molecule has 15 heavy (non-hydrogen) atoms. The maximum atomic E-state index is 11.3. The van der Waals surface area contributed by atoms with Crippen molar-refractivity contribution >= 4 is 17.5 Å². The average Bonchev–Trinajstić information content (AvgIpc) is 2.11. The van der Waals surface area contributed by atoms with Gasteiger partial charge in [-0.05, 0) is 33.6 Å². The molecule has 0 heterocycles. The summed E-state index contributed by atoms with van der Waals surface area (Å²) >= 11 is 0. The number of Topliss-reactive ketones (excluding diaryl/α,β-unsaturated/α-hetero) is 2. The van der Waals surface area contributed by atoms with E-state index in [1.54, 1.807) is 6.92 Å². The highest BCUT2D eigenvalue weighted by molar-refractivity contribution is 5.97. The lowest BCUT2D eigenvalue weighted by atomic mass is 9.97. The van der Waals surface area contributed by atoms with E-state index in [0.29, 0.717) is 19.3 Å². The molecule has 1 unspecified atom stereocenters. The molecule has 0 N–H and O–H groups in total. The van der Waals surface area contributed by atoms with E-state index < -0.39 is 11.9 Å².